The van der Waals surface area contributed by atoms with Crippen LogP contribution in [-0.2, 0) is 4.74 Å². The maximum atomic E-state index is 12.4. The zero-order valence-corrected chi connectivity index (χ0v) is 13.8. The number of carbonyl (C=O) groups excluding carboxylic acids is 1. The van der Waals surface area contributed by atoms with Crippen LogP contribution in [0.5, 0.6) is 5.75 Å². The molecule has 0 heterocycles. The van der Waals surface area contributed by atoms with Crippen molar-refractivity contribution in [2.75, 3.05) is 13.7 Å². The lowest BCUT2D eigenvalue weighted by atomic mass is 10.00. The van der Waals surface area contributed by atoms with E-state index in [0.29, 0.717) is 12.2 Å². The molecule has 1 atom stereocenters. The summed E-state index contributed by atoms with van der Waals surface area (Å²) in [6, 6.07) is 12.7. The summed E-state index contributed by atoms with van der Waals surface area (Å²) in [4.78, 5) is 12.4. The molecule has 1 amide bonds. The number of aromatic hydroxyl groups is 1. The van der Waals surface area contributed by atoms with Gasteiger partial charge in [0, 0.05) is 18.2 Å². The fourth-order valence-electron chi connectivity index (χ4n) is 2.44. The lowest BCUT2D eigenvalue weighted by Crippen LogP contribution is -2.37. The van der Waals surface area contributed by atoms with Crippen molar-refractivity contribution in [1.82, 2.24) is 5.32 Å². The average molecular weight is 313 g/mol. The Kier molecular flexibility index (Phi) is 5.77. The first kappa shape index (κ1) is 17.0. The van der Waals surface area contributed by atoms with Crippen LogP contribution in [-0.4, -0.2) is 30.8 Å². The van der Waals surface area contributed by atoms with E-state index in [9.17, 15) is 9.90 Å². The third kappa shape index (κ3) is 4.33. The second-order valence-corrected chi connectivity index (χ2v) is 5.64. The molecule has 0 spiro atoms. The van der Waals surface area contributed by atoms with Crippen molar-refractivity contribution in [2.45, 2.75) is 26.3 Å². The minimum absolute atomic E-state index is 0.0106. The van der Waals surface area contributed by atoms with Crippen LogP contribution in [0.1, 0.15) is 29.3 Å². The van der Waals surface area contributed by atoms with E-state index in [1.807, 2.05) is 38.1 Å². The minimum Gasteiger partial charge on any atom is -0.507 e. The molecule has 4 nitrogen and oxygen atoms in total. The van der Waals surface area contributed by atoms with E-state index >= 15 is 0 Å². The van der Waals surface area contributed by atoms with Crippen LogP contribution in [0.2, 0.25) is 0 Å². The molecule has 1 unspecified atom stereocenters. The van der Waals surface area contributed by atoms with E-state index in [4.69, 9.17) is 4.74 Å². The quantitative estimate of drug-likeness (QED) is 0.858. The summed E-state index contributed by atoms with van der Waals surface area (Å²) in [7, 11) is 1.62. The van der Waals surface area contributed by atoms with Crippen molar-refractivity contribution in [1.29, 1.82) is 0 Å². The maximum absolute atomic E-state index is 12.4. The number of phenolic OH excluding ortho intramolecular Hbond substituents is 1. The van der Waals surface area contributed by atoms with Gasteiger partial charge in [0.05, 0.1) is 12.6 Å². The second-order valence-electron chi connectivity index (χ2n) is 5.64. The number of rotatable bonds is 6. The Morgan fingerprint density at radius 3 is 2.74 bits per heavy atom. The Labute approximate surface area is 137 Å². The smallest absolute Gasteiger partial charge is 0.251 e. The molecule has 0 aliphatic heterocycles. The predicted octanol–water partition coefficient (Wildman–Crippen LogP) is 3.52. The molecule has 0 saturated carbocycles. The third-order valence-electron chi connectivity index (χ3n) is 3.78. The van der Waals surface area contributed by atoms with Crippen LogP contribution >= 0.6 is 0 Å². The van der Waals surface area contributed by atoms with Crippen molar-refractivity contribution in [3.8, 4) is 16.9 Å². The number of hydrogen-bond donors (Lipinski definition) is 2. The standard InChI is InChI=1S/C19H23NO3/c1-4-16(12-23-3)20-19(22)15-7-5-6-14(11-15)17-10-13(2)8-9-18(17)21/h5-11,16,21H,4,12H2,1-3H3,(H,20,22). The lowest BCUT2D eigenvalue weighted by Gasteiger charge is -2.16. The molecule has 2 rings (SSSR count). The van der Waals surface area contributed by atoms with Gasteiger partial charge >= 0.3 is 0 Å². The molecule has 4 heteroatoms. The van der Waals surface area contributed by atoms with E-state index in [0.717, 1.165) is 23.1 Å². The number of amides is 1. The molecule has 23 heavy (non-hydrogen) atoms. The Balaban J connectivity index is 2.26. The van der Waals surface area contributed by atoms with Crippen LogP contribution in [0.3, 0.4) is 0 Å². The summed E-state index contributed by atoms with van der Waals surface area (Å²) in [5.74, 6) is 0.0712. The number of hydrogen-bond acceptors (Lipinski definition) is 3. The lowest BCUT2D eigenvalue weighted by molar-refractivity contribution is 0.0894. The molecule has 0 fully saturated rings. The molecule has 0 aromatic heterocycles. The highest BCUT2D eigenvalue weighted by molar-refractivity contribution is 5.95. The first-order valence-corrected chi connectivity index (χ1v) is 7.75. The van der Waals surface area contributed by atoms with E-state index in [2.05, 4.69) is 5.32 Å². The van der Waals surface area contributed by atoms with Crippen molar-refractivity contribution < 1.29 is 14.6 Å². The summed E-state index contributed by atoms with van der Waals surface area (Å²) in [5, 5.41) is 13.0. The van der Waals surface area contributed by atoms with Crippen molar-refractivity contribution in [3.05, 3.63) is 53.6 Å². The van der Waals surface area contributed by atoms with Crippen LogP contribution in [0.4, 0.5) is 0 Å². The Hall–Kier alpha value is -2.33. The molecular weight excluding hydrogens is 290 g/mol. The number of nitrogens with one attached hydrogen (secondary N) is 1. The van der Waals surface area contributed by atoms with Crippen LogP contribution in [0.25, 0.3) is 11.1 Å². The number of benzene rings is 2. The normalized spacial score (nSPS) is 12.0. The zero-order chi connectivity index (χ0) is 16.8. The van der Waals surface area contributed by atoms with Gasteiger partial charge < -0.3 is 15.2 Å². The first-order valence-electron chi connectivity index (χ1n) is 7.75. The highest BCUT2D eigenvalue weighted by Gasteiger charge is 2.13. The van der Waals surface area contributed by atoms with Crippen molar-refractivity contribution in [3.63, 3.8) is 0 Å². The SMILES string of the molecule is CCC(COC)NC(=O)c1cccc(-c2cc(C)ccc2O)c1. The summed E-state index contributed by atoms with van der Waals surface area (Å²) in [5.41, 5.74) is 3.17. The molecule has 2 N–H and O–H groups in total. The number of carbonyl (C=O) groups is 1. The van der Waals surface area contributed by atoms with Gasteiger partial charge in [-0.25, -0.2) is 0 Å². The fourth-order valence-corrected chi connectivity index (χ4v) is 2.44. The molecule has 0 saturated heterocycles. The van der Waals surface area contributed by atoms with E-state index in [1.54, 1.807) is 25.3 Å². The average Bonchev–Trinajstić information content (AvgIpc) is 2.56. The van der Waals surface area contributed by atoms with Gasteiger partial charge in [-0.3, -0.25) is 4.79 Å². The number of ether oxygens (including phenoxy) is 1. The van der Waals surface area contributed by atoms with Gasteiger partial charge in [0.2, 0.25) is 0 Å². The largest absolute Gasteiger partial charge is 0.507 e. The monoisotopic (exact) mass is 313 g/mol. The van der Waals surface area contributed by atoms with Gasteiger partial charge in [0.15, 0.2) is 0 Å². The zero-order valence-electron chi connectivity index (χ0n) is 13.8. The number of methoxy groups -OCH3 is 1. The molecule has 2 aromatic rings. The Morgan fingerprint density at radius 1 is 1.26 bits per heavy atom. The van der Waals surface area contributed by atoms with Gasteiger partial charge in [-0.15, -0.1) is 0 Å². The molecule has 2 aromatic carbocycles. The van der Waals surface area contributed by atoms with Gasteiger partial charge in [-0.2, -0.15) is 0 Å². The van der Waals surface area contributed by atoms with Crippen molar-refractivity contribution >= 4 is 5.91 Å². The number of phenols is 1. The predicted molar refractivity (Wildman–Crippen MR) is 91.7 cm³/mol. The fraction of sp³-hybridized carbons (Fsp3) is 0.316. The summed E-state index contributed by atoms with van der Waals surface area (Å²) in [6.07, 6.45) is 0.804. The highest BCUT2D eigenvalue weighted by Crippen LogP contribution is 2.30. The van der Waals surface area contributed by atoms with Crippen LogP contribution < -0.4 is 5.32 Å². The first-order chi connectivity index (χ1) is 11.0. The van der Waals surface area contributed by atoms with Gasteiger partial charge in [-0.05, 0) is 43.2 Å². The topological polar surface area (TPSA) is 58.6 Å². The molecular formula is C19H23NO3. The minimum atomic E-state index is -0.136. The molecule has 122 valence electrons. The Morgan fingerprint density at radius 2 is 2.04 bits per heavy atom. The molecule has 0 radical (unpaired) electrons. The van der Waals surface area contributed by atoms with E-state index in [1.165, 1.54) is 0 Å². The molecule has 0 bridgehead atoms. The van der Waals surface area contributed by atoms with E-state index in [-0.39, 0.29) is 17.7 Å². The van der Waals surface area contributed by atoms with E-state index < -0.39 is 0 Å². The Bertz CT molecular complexity index is 682. The second kappa shape index (κ2) is 7.79. The van der Waals surface area contributed by atoms with Gasteiger partial charge in [0.25, 0.3) is 5.91 Å². The maximum Gasteiger partial charge on any atom is 0.251 e. The van der Waals surface area contributed by atoms with Crippen molar-refractivity contribution in [2.24, 2.45) is 0 Å². The summed E-state index contributed by atoms with van der Waals surface area (Å²) < 4.78 is 5.11. The number of aryl methyl sites for hydroxylation is 1. The van der Waals surface area contributed by atoms with Gasteiger partial charge in [0.1, 0.15) is 5.75 Å². The van der Waals surface area contributed by atoms with Crippen LogP contribution in [0, 0.1) is 6.92 Å². The highest BCUT2D eigenvalue weighted by atomic mass is 16.5. The van der Waals surface area contributed by atoms with Gasteiger partial charge in [-0.1, -0.05) is 30.7 Å². The molecule has 0 aliphatic rings. The third-order valence-corrected chi connectivity index (χ3v) is 3.78. The summed E-state index contributed by atoms with van der Waals surface area (Å²) in [6.45, 7) is 4.46. The summed E-state index contributed by atoms with van der Waals surface area (Å²) >= 11 is 0. The van der Waals surface area contributed by atoms with Crippen LogP contribution in [0.15, 0.2) is 42.5 Å². The molecule has 0 aliphatic carbocycles.